The number of nitrogens with zero attached hydrogens (tertiary/aromatic N) is 1. The maximum atomic E-state index is 12.7. The first-order valence-electron chi connectivity index (χ1n) is 9.81. The van der Waals surface area contributed by atoms with E-state index >= 15 is 0 Å². The molecule has 30 heavy (non-hydrogen) atoms. The van der Waals surface area contributed by atoms with Gasteiger partial charge in [-0.1, -0.05) is 19.1 Å². The zero-order valence-corrected chi connectivity index (χ0v) is 18.9. The summed E-state index contributed by atoms with van der Waals surface area (Å²) in [5, 5.41) is 2.92. The molecule has 1 N–H and O–H groups in total. The van der Waals surface area contributed by atoms with Gasteiger partial charge in [0.25, 0.3) is 0 Å². The molecule has 2 aromatic rings. The number of hydrogen-bond acceptors (Lipinski definition) is 5. The van der Waals surface area contributed by atoms with Crippen LogP contribution >= 0.6 is 0 Å². The number of anilines is 1. The molecule has 0 bridgehead atoms. The van der Waals surface area contributed by atoms with E-state index in [1.165, 1.54) is 0 Å². The Balaban J connectivity index is 2.14. The molecular formula is C22H30N2O5S. The first-order chi connectivity index (χ1) is 14.1. The van der Waals surface area contributed by atoms with Gasteiger partial charge in [-0.25, -0.2) is 8.42 Å². The van der Waals surface area contributed by atoms with Crippen molar-refractivity contribution < 1.29 is 22.7 Å². The summed E-state index contributed by atoms with van der Waals surface area (Å²) in [5.41, 5.74) is 1.33. The average Bonchev–Trinajstić information content (AvgIpc) is 2.70. The Kier molecular flexibility index (Phi) is 8.11. The highest BCUT2D eigenvalue weighted by atomic mass is 32.2. The van der Waals surface area contributed by atoms with Gasteiger partial charge in [-0.15, -0.1) is 0 Å². The number of carbonyl (C=O) groups is 1. The summed E-state index contributed by atoms with van der Waals surface area (Å²) in [7, 11) is -2.06. The molecule has 0 spiro atoms. The standard InChI is InChI=1S/C22H30N2O5S/c1-6-21(17-7-11-19(28-4)12-8-17)23-22(25)15-24(30(5,26)27)18-9-13-20(14-10-18)29-16(2)3/h7-14,16,21H,6,15H2,1-5H3,(H,23,25)/t21-/m1/s1. The maximum Gasteiger partial charge on any atom is 0.241 e. The van der Waals surface area contributed by atoms with Gasteiger partial charge in [0, 0.05) is 0 Å². The molecule has 7 nitrogen and oxygen atoms in total. The minimum Gasteiger partial charge on any atom is -0.497 e. The molecule has 0 radical (unpaired) electrons. The van der Waals surface area contributed by atoms with E-state index in [2.05, 4.69) is 5.32 Å². The molecule has 0 aliphatic heterocycles. The van der Waals surface area contributed by atoms with Gasteiger partial charge in [0.15, 0.2) is 0 Å². The molecule has 0 saturated carbocycles. The zero-order chi connectivity index (χ0) is 22.3. The lowest BCUT2D eigenvalue weighted by atomic mass is 10.0. The van der Waals surface area contributed by atoms with Crippen molar-refractivity contribution in [3.8, 4) is 11.5 Å². The molecule has 2 aromatic carbocycles. The molecule has 0 saturated heterocycles. The molecule has 2 rings (SSSR count). The van der Waals surface area contributed by atoms with Crippen LogP contribution in [0.4, 0.5) is 5.69 Å². The summed E-state index contributed by atoms with van der Waals surface area (Å²) in [6.45, 7) is 5.47. The lowest BCUT2D eigenvalue weighted by Gasteiger charge is -2.24. The lowest BCUT2D eigenvalue weighted by molar-refractivity contribution is -0.120. The molecule has 0 heterocycles. The Morgan fingerprint density at radius 3 is 2.07 bits per heavy atom. The van der Waals surface area contributed by atoms with Crippen molar-refractivity contribution in [2.24, 2.45) is 0 Å². The predicted molar refractivity (Wildman–Crippen MR) is 119 cm³/mol. The van der Waals surface area contributed by atoms with Gasteiger partial charge in [0.1, 0.15) is 18.0 Å². The summed E-state index contributed by atoms with van der Waals surface area (Å²) in [6.07, 6.45) is 1.76. The van der Waals surface area contributed by atoms with E-state index in [-0.39, 0.29) is 24.6 Å². The molecule has 0 aliphatic rings. The SMILES string of the molecule is CC[C@@H](NC(=O)CN(c1ccc(OC(C)C)cc1)S(C)(=O)=O)c1ccc(OC)cc1. The third-order valence-corrected chi connectivity index (χ3v) is 5.59. The van der Waals surface area contributed by atoms with Crippen molar-refractivity contribution in [1.82, 2.24) is 5.32 Å². The van der Waals surface area contributed by atoms with Gasteiger partial charge in [0.05, 0.1) is 31.2 Å². The summed E-state index contributed by atoms with van der Waals surface area (Å²) in [5.74, 6) is 0.982. The Labute approximate surface area is 179 Å². The van der Waals surface area contributed by atoms with Crippen molar-refractivity contribution in [2.45, 2.75) is 39.3 Å². The van der Waals surface area contributed by atoms with E-state index in [1.807, 2.05) is 45.0 Å². The van der Waals surface area contributed by atoms with Crippen LogP contribution < -0.4 is 19.1 Å². The van der Waals surface area contributed by atoms with Crippen LogP contribution in [0.3, 0.4) is 0 Å². The summed E-state index contributed by atoms with van der Waals surface area (Å²) in [6, 6.07) is 13.8. The van der Waals surface area contributed by atoms with Crippen molar-refractivity contribution >= 4 is 21.6 Å². The second kappa shape index (κ2) is 10.3. The van der Waals surface area contributed by atoms with Crippen LogP contribution in [0.2, 0.25) is 0 Å². The van der Waals surface area contributed by atoms with E-state index in [0.717, 1.165) is 21.9 Å². The molecule has 8 heteroatoms. The highest BCUT2D eigenvalue weighted by Gasteiger charge is 2.22. The van der Waals surface area contributed by atoms with Crippen LogP contribution in [0, 0.1) is 0 Å². The molecular weight excluding hydrogens is 404 g/mol. The van der Waals surface area contributed by atoms with Gasteiger partial charge in [-0.2, -0.15) is 0 Å². The molecule has 0 unspecified atom stereocenters. The van der Waals surface area contributed by atoms with Crippen LogP contribution in [-0.4, -0.2) is 40.3 Å². The summed E-state index contributed by atoms with van der Waals surface area (Å²) >= 11 is 0. The number of methoxy groups -OCH3 is 1. The van der Waals surface area contributed by atoms with Crippen molar-refractivity contribution in [1.29, 1.82) is 0 Å². The van der Waals surface area contributed by atoms with Crippen LogP contribution in [-0.2, 0) is 14.8 Å². The van der Waals surface area contributed by atoms with Crippen molar-refractivity contribution in [2.75, 3.05) is 24.2 Å². The topological polar surface area (TPSA) is 84.9 Å². The maximum absolute atomic E-state index is 12.7. The van der Waals surface area contributed by atoms with Gasteiger partial charge in [-0.05, 0) is 62.2 Å². The van der Waals surface area contributed by atoms with Crippen molar-refractivity contribution in [3.05, 3.63) is 54.1 Å². The first-order valence-corrected chi connectivity index (χ1v) is 11.7. The van der Waals surface area contributed by atoms with Gasteiger partial charge < -0.3 is 14.8 Å². The van der Waals surface area contributed by atoms with Crippen LogP contribution in [0.15, 0.2) is 48.5 Å². The fourth-order valence-corrected chi connectivity index (χ4v) is 3.85. The Morgan fingerprint density at radius 1 is 1.03 bits per heavy atom. The molecule has 1 amide bonds. The summed E-state index contributed by atoms with van der Waals surface area (Å²) in [4.78, 5) is 12.7. The molecule has 0 aliphatic carbocycles. The second-order valence-corrected chi connectivity index (χ2v) is 9.14. The Hall–Kier alpha value is -2.74. The largest absolute Gasteiger partial charge is 0.497 e. The highest BCUT2D eigenvalue weighted by molar-refractivity contribution is 7.92. The van der Waals surface area contributed by atoms with E-state index in [4.69, 9.17) is 9.47 Å². The van der Waals surface area contributed by atoms with Crippen LogP contribution in [0.1, 0.15) is 38.8 Å². The number of benzene rings is 2. The normalized spacial score (nSPS) is 12.3. The second-order valence-electron chi connectivity index (χ2n) is 7.23. The van der Waals surface area contributed by atoms with E-state index in [1.54, 1.807) is 31.4 Å². The predicted octanol–water partition coefficient (Wildman–Crippen LogP) is 3.52. The van der Waals surface area contributed by atoms with E-state index < -0.39 is 10.0 Å². The van der Waals surface area contributed by atoms with Gasteiger partial charge in [0.2, 0.25) is 15.9 Å². The number of ether oxygens (including phenoxy) is 2. The van der Waals surface area contributed by atoms with Crippen molar-refractivity contribution in [3.63, 3.8) is 0 Å². The highest BCUT2D eigenvalue weighted by Crippen LogP contribution is 2.23. The number of hydrogen-bond donors (Lipinski definition) is 1. The third kappa shape index (κ3) is 6.66. The fourth-order valence-electron chi connectivity index (χ4n) is 2.99. The van der Waals surface area contributed by atoms with Crippen LogP contribution in [0.5, 0.6) is 11.5 Å². The number of amides is 1. The zero-order valence-electron chi connectivity index (χ0n) is 18.1. The summed E-state index contributed by atoms with van der Waals surface area (Å²) < 4.78 is 36.5. The lowest BCUT2D eigenvalue weighted by Crippen LogP contribution is -2.41. The monoisotopic (exact) mass is 434 g/mol. The average molecular weight is 435 g/mol. The van der Waals surface area contributed by atoms with E-state index in [0.29, 0.717) is 17.9 Å². The fraction of sp³-hybridized carbons (Fsp3) is 0.409. The van der Waals surface area contributed by atoms with E-state index in [9.17, 15) is 13.2 Å². The smallest absolute Gasteiger partial charge is 0.241 e. The number of carbonyl (C=O) groups excluding carboxylic acids is 1. The minimum absolute atomic E-state index is 0.0107. The molecule has 1 atom stereocenters. The Morgan fingerprint density at radius 2 is 1.60 bits per heavy atom. The van der Waals surface area contributed by atoms with Gasteiger partial charge in [-0.3, -0.25) is 9.10 Å². The van der Waals surface area contributed by atoms with Gasteiger partial charge >= 0.3 is 0 Å². The third-order valence-electron chi connectivity index (χ3n) is 4.45. The number of nitrogens with one attached hydrogen (secondary N) is 1. The molecule has 164 valence electrons. The quantitative estimate of drug-likeness (QED) is 0.618. The number of rotatable bonds is 10. The Bertz CT molecular complexity index is 925. The number of sulfonamides is 1. The first kappa shape index (κ1) is 23.5. The molecule has 0 fully saturated rings. The minimum atomic E-state index is -3.65. The molecule has 0 aromatic heterocycles. The van der Waals surface area contributed by atoms with Crippen LogP contribution in [0.25, 0.3) is 0 Å².